The summed E-state index contributed by atoms with van der Waals surface area (Å²) in [6, 6.07) is 0. The summed E-state index contributed by atoms with van der Waals surface area (Å²) in [5.74, 6) is 2.51. The van der Waals surface area contributed by atoms with Crippen molar-refractivity contribution in [3.05, 3.63) is 0 Å². The second-order valence-corrected chi connectivity index (χ2v) is 3.33. The van der Waals surface area contributed by atoms with Gasteiger partial charge < -0.3 is 0 Å². The number of alkyl halides is 1. The molecule has 0 aromatic heterocycles. The van der Waals surface area contributed by atoms with Crippen LogP contribution >= 0.6 is 0 Å². The Balaban J connectivity index is 4.22. The Morgan fingerprint density at radius 2 is 1.80 bits per heavy atom. The van der Waals surface area contributed by atoms with Crippen molar-refractivity contribution >= 4 is 0 Å². The molecule has 0 heterocycles. The van der Waals surface area contributed by atoms with E-state index in [1.54, 1.807) is 6.92 Å². The highest BCUT2D eigenvalue weighted by Crippen LogP contribution is 2.29. The lowest BCUT2D eigenvalue weighted by molar-refractivity contribution is 0.174. The molecule has 0 spiro atoms. The highest BCUT2D eigenvalue weighted by molar-refractivity contribution is 5.03. The van der Waals surface area contributed by atoms with Gasteiger partial charge in [-0.25, -0.2) is 4.39 Å². The molecule has 0 aliphatic rings. The molecule has 58 valence electrons. The molecule has 0 aliphatic carbocycles. The van der Waals surface area contributed by atoms with Gasteiger partial charge in [0.1, 0.15) is 6.17 Å². The molecule has 0 bridgehead atoms. The van der Waals surface area contributed by atoms with Crippen LogP contribution in [0.3, 0.4) is 0 Å². The second kappa shape index (κ2) is 3.05. The summed E-state index contributed by atoms with van der Waals surface area (Å²) in [6.45, 7) is 7.15. The van der Waals surface area contributed by atoms with Crippen molar-refractivity contribution in [1.29, 1.82) is 0 Å². The minimum Gasteiger partial charge on any atom is -0.247 e. The van der Waals surface area contributed by atoms with Gasteiger partial charge in [-0.15, -0.1) is 12.3 Å². The van der Waals surface area contributed by atoms with Crippen LogP contribution in [0.1, 0.15) is 27.7 Å². The number of rotatable bonds is 2. The summed E-state index contributed by atoms with van der Waals surface area (Å²) in [4.78, 5) is 0. The summed E-state index contributed by atoms with van der Waals surface area (Å²) < 4.78 is 12.7. The van der Waals surface area contributed by atoms with Gasteiger partial charge in [0, 0.05) is 11.3 Å². The second-order valence-electron chi connectivity index (χ2n) is 3.33. The average Bonchev–Trinajstić information content (AvgIpc) is 1.86. The number of hydrogen-bond acceptors (Lipinski definition) is 0. The molecule has 0 rings (SSSR count). The third-order valence-electron chi connectivity index (χ3n) is 2.20. The SMILES string of the molecule is C#CC(C)(C)C(C)C(C)F. The number of halogens is 1. The van der Waals surface area contributed by atoms with Gasteiger partial charge in [0.15, 0.2) is 0 Å². The predicted molar refractivity (Wildman–Crippen MR) is 42.3 cm³/mol. The first-order valence-electron chi connectivity index (χ1n) is 3.53. The van der Waals surface area contributed by atoms with Crippen molar-refractivity contribution in [1.82, 2.24) is 0 Å². The lowest BCUT2D eigenvalue weighted by Gasteiger charge is -2.26. The summed E-state index contributed by atoms with van der Waals surface area (Å²) in [5, 5.41) is 0. The van der Waals surface area contributed by atoms with Gasteiger partial charge >= 0.3 is 0 Å². The quantitative estimate of drug-likeness (QED) is 0.520. The lowest BCUT2D eigenvalue weighted by atomic mass is 9.79. The highest BCUT2D eigenvalue weighted by Gasteiger charge is 2.27. The molecule has 0 aliphatic heterocycles. The Hall–Kier alpha value is -0.510. The first-order valence-corrected chi connectivity index (χ1v) is 3.53. The van der Waals surface area contributed by atoms with Gasteiger partial charge in [0.05, 0.1) is 0 Å². The Labute approximate surface area is 62.8 Å². The monoisotopic (exact) mass is 142 g/mol. The van der Waals surface area contributed by atoms with Crippen LogP contribution in [-0.4, -0.2) is 6.17 Å². The van der Waals surface area contributed by atoms with Crippen LogP contribution < -0.4 is 0 Å². The molecule has 2 atom stereocenters. The Bertz CT molecular complexity index is 139. The minimum atomic E-state index is -0.828. The van der Waals surface area contributed by atoms with Crippen LogP contribution in [0.4, 0.5) is 4.39 Å². The number of terminal acetylenes is 1. The predicted octanol–water partition coefficient (Wildman–Crippen LogP) is 2.64. The fourth-order valence-electron chi connectivity index (χ4n) is 0.706. The molecular formula is C9H15F. The van der Waals surface area contributed by atoms with Crippen LogP contribution in [-0.2, 0) is 0 Å². The largest absolute Gasteiger partial charge is 0.247 e. The fourth-order valence-corrected chi connectivity index (χ4v) is 0.706. The van der Waals surface area contributed by atoms with Crippen LogP contribution in [0.2, 0.25) is 0 Å². The first-order chi connectivity index (χ1) is 4.41. The zero-order valence-electron chi connectivity index (χ0n) is 7.11. The molecule has 0 saturated heterocycles. The zero-order valence-corrected chi connectivity index (χ0v) is 7.11. The van der Waals surface area contributed by atoms with E-state index >= 15 is 0 Å². The zero-order chi connectivity index (χ0) is 8.36. The van der Waals surface area contributed by atoms with E-state index in [0.717, 1.165) is 0 Å². The van der Waals surface area contributed by atoms with E-state index in [-0.39, 0.29) is 11.3 Å². The Morgan fingerprint density at radius 1 is 1.40 bits per heavy atom. The van der Waals surface area contributed by atoms with Crippen LogP contribution in [0.25, 0.3) is 0 Å². The molecule has 0 saturated carbocycles. The lowest BCUT2D eigenvalue weighted by Crippen LogP contribution is -2.26. The van der Waals surface area contributed by atoms with E-state index in [1.165, 1.54) is 0 Å². The van der Waals surface area contributed by atoms with Crippen LogP contribution in [0.5, 0.6) is 0 Å². The van der Waals surface area contributed by atoms with E-state index < -0.39 is 6.17 Å². The van der Waals surface area contributed by atoms with Gasteiger partial charge in [-0.3, -0.25) is 0 Å². The Kier molecular flexibility index (Phi) is 2.90. The molecular weight excluding hydrogens is 127 g/mol. The third kappa shape index (κ3) is 2.02. The maximum absolute atomic E-state index is 12.7. The highest BCUT2D eigenvalue weighted by atomic mass is 19.1. The first kappa shape index (κ1) is 9.49. The molecule has 2 unspecified atom stereocenters. The molecule has 0 radical (unpaired) electrons. The maximum atomic E-state index is 12.7. The normalized spacial score (nSPS) is 17.6. The van der Waals surface area contributed by atoms with Crippen molar-refractivity contribution in [3.8, 4) is 12.3 Å². The van der Waals surface area contributed by atoms with Crippen molar-refractivity contribution in [2.45, 2.75) is 33.9 Å². The van der Waals surface area contributed by atoms with Gasteiger partial charge in [0.2, 0.25) is 0 Å². The molecule has 0 amide bonds. The molecule has 10 heavy (non-hydrogen) atoms. The Morgan fingerprint density at radius 3 is 1.90 bits per heavy atom. The standard InChI is InChI=1S/C9H15F/c1-6-9(4,5)7(2)8(3)10/h1,7-8H,2-5H3. The summed E-state index contributed by atoms with van der Waals surface area (Å²) in [5.41, 5.74) is -0.325. The molecule has 0 fully saturated rings. The van der Waals surface area contributed by atoms with Gasteiger partial charge in [-0.2, -0.15) is 0 Å². The molecule has 0 N–H and O–H groups in total. The third-order valence-corrected chi connectivity index (χ3v) is 2.20. The van der Waals surface area contributed by atoms with E-state index in [0.29, 0.717) is 0 Å². The summed E-state index contributed by atoms with van der Waals surface area (Å²) in [6.07, 6.45) is 4.40. The van der Waals surface area contributed by atoms with Crippen LogP contribution in [0.15, 0.2) is 0 Å². The van der Waals surface area contributed by atoms with Gasteiger partial charge in [0.25, 0.3) is 0 Å². The molecule has 0 aromatic rings. The van der Waals surface area contributed by atoms with E-state index in [1.807, 2.05) is 20.8 Å². The topological polar surface area (TPSA) is 0 Å². The van der Waals surface area contributed by atoms with Gasteiger partial charge in [-0.1, -0.05) is 6.92 Å². The molecule has 0 aromatic carbocycles. The number of hydrogen-bond donors (Lipinski definition) is 0. The fraction of sp³-hybridized carbons (Fsp3) is 0.778. The van der Waals surface area contributed by atoms with E-state index in [4.69, 9.17) is 6.42 Å². The molecule has 1 heteroatoms. The summed E-state index contributed by atoms with van der Waals surface area (Å²) >= 11 is 0. The van der Waals surface area contributed by atoms with Crippen molar-refractivity contribution in [2.75, 3.05) is 0 Å². The van der Waals surface area contributed by atoms with Crippen molar-refractivity contribution < 1.29 is 4.39 Å². The average molecular weight is 142 g/mol. The van der Waals surface area contributed by atoms with E-state index in [2.05, 4.69) is 5.92 Å². The maximum Gasteiger partial charge on any atom is 0.101 e. The molecule has 0 nitrogen and oxygen atoms in total. The summed E-state index contributed by atoms with van der Waals surface area (Å²) in [7, 11) is 0. The van der Waals surface area contributed by atoms with Crippen LogP contribution in [0, 0.1) is 23.7 Å². The minimum absolute atomic E-state index is 0.0718. The van der Waals surface area contributed by atoms with Crippen molar-refractivity contribution in [3.63, 3.8) is 0 Å². The smallest absolute Gasteiger partial charge is 0.101 e. The van der Waals surface area contributed by atoms with E-state index in [9.17, 15) is 4.39 Å². The van der Waals surface area contributed by atoms with Gasteiger partial charge in [-0.05, 0) is 20.8 Å². The van der Waals surface area contributed by atoms with Crippen molar-refractivity contribution in [2.24, 2.45) is 11.3 Å².